The third kappa shape index (κ3) is 3.38. The molecule has 0 amide bonds. The number of anilines is 1. The van der Waals surface area contributed by atoms with Gasteiger partial charge in [0.05, 0.1) is 17.2 Å². The van der Waals surface area contributed by atoms with E-state index in [1.54, 1.807) is 6.21 Å². The third-order valence-electron chi connectivity index (χ3n) is 4.02. The Balaban J connectivity index is 1.63. The summed E-state index contributed by atoms with van der Waals surface area (Å²) in [6, 6.07) is 25.9. The molecule has 0 bridgehead atoms. The predicted octanol–water partition coefficient (Wildman–Crippen LogP) is 4.71. The van der Waals surface area contributed by atoms with Gasteiger partial charge in [0.2, 0.25) is 0 Å². The van der Waals surface area contributed by atoms with Gasteiger partial charge >= 0.3 is 0 Å². The second-order valence-electron chi connectivity index (χ2n) is 5.75. The molecule has 2 N–H and O–H groups in total. The highest BCUT2D eigenvalue weighted by Crippen LogP contribution is 2.24. The summed E-state index contributed by atoms with van der Waals surface area (Å²) in [7, 11) is 0. The van der Waals surface area contributed by atoms with E-state index in [9.17, 15) is 0 Å². The lowest BCUT2D eigenvalue weighted by molar-refractivity contribution is 1.05. The molecule has 1 heterocycles. The maximum atomic E-state index is 5.29. The number of para-hydroxylation sites is 3. The number of thiocarbonyl (C=S) groups is 1. The van der Waals surface area contributed by atoms with Crippen molar-refractivity contribution in [1.82, 2.24) is 10.4 Å². The van der Waals surface area contributed by atoms with Crippen LogP contribution in [0.1, 0.15) is 5.56 Å². The van der Waals surface area contributed by atoms with Gasteiger partial charge in [0, 0.05) is 22.0 Å². The number of aromatic nitrogens is 1. The number of nitrogens with one attached hydrogen (secondary N) is 2. The van der Waals surface area contributed by atoms with Crippen LogP contribution < -0.4 is 10.7 Å². The highest BCUT2D eigenvalue weighted by atomic mass is 32.1. The van der Waals surface area contributed by atoms with Crippen molar-refractivity contribution in [3.8, 4) is 0 Å². The minimum absolute atomic E-state index is 0.440. The van der Waals surface area contributed by atoms with Crippen LogP contribution in [0.5, 0.6) is 0 Å². The topological polar surface area (TPSA) is 49.3 Å². The zero-order valence-corrected chi connectivity index (χ0v) is 14.7. The molecule has 26 heavy (non-hydrogen) atoms. The third-order valence-corrected chi connectivity index (χ3v) is 4.21. The summed E-state index contributed by atoms with van der Waals surface area (Å²) in [5.41, 5.74) is 6.69. The first kappa shape index (κ1) is 16.2. The molecule has 3 aromatic carbocycles. The zero-order chi connectivity index (χ0) is 17.8. The second-order valence-corrected chi connectivity index (χ2v) is 6.16. The van der Waals surface area contributed by atoms with Gasteiger partial charge in [0.15, 0.2) is 5.11 Å². The van der Waals surface area contributed by atoms with Crippen LogP contribution >= 0.6 is 12.2 Å². The highest BCUT2D eigenvalue weighted by Gasteiger charge is 2.06. The van der Waals surface area contributed by atoms with E-state index >= 15 is 0 Å². The number of benzene rings is 3. The Morgan fingerprint density at radius 3 is 2.04 bits per heavy atom. The standard InChI is InChI=1S/C21H16N4S/c26-21(23-15-8-2-1-3-9-15)25-22-14-18-16-10-4-6-12-19(16)24-20-13-7-5-11-17(18)20/h1-14H,(H2,23,25,26)/b22-14-. The normalized spacial score (nSPS) is 11.1. The van der Waals surface area contributed by atoms with Crippen LogP contribution in [0.3, 0.4) is 0 Å². The molecule has 0 atom stereocenters. The molecule has 4 nitrogen and oxygen atoms in total. The lowest BCUT2D eigenvalue weighted by Crippen LogP contribution is -2.23. The van der Waals surface area contributed by atoms with Crippen LogP contribution in [-0.2, 0) is 0 Å². The molecule has 4 aromatic rings. The van der Waals surface area contributed by atoms with Crippen molar-refractivity contribution in [2.75, 3.05) is 5.32 Å². The lowest BCUT2D eigenvalue weighted by atomic mass is 10.0. The SMILES string of the molecule is S=C(N/N=C\c1c2ccccc2nc2ccccc12)Nc1ccccc1. The smallest absolute Gasteiger partial charge is 0.191 e. The maximum Gasteiger partial charge on any atom is 0.191 e. The average molecular weight is 356 g/mol. The Bertz CT molecular complexity index is 1050. The Labute approximate surface area is 156 Å². The van der Waals surface area contributed by atoms with Crippen LogP contribution in [0.15, 0.2) is 84.0 Å². The van der Waals surface area contributed by atoms with Gasteiger partial charge in [-0.25, -0.2) is 4.98 Å². The molecule has 126 valence electrons. The largest absolute Gasteiger partial charge is 0.331 e. The van der Waals surface area contributed by atoms with Crippen molar-refractivity contribution in [3.05, 3.63) is 84.4 Å². The first-order valence-electron chi connectivity index (χ1n) is 8.24. The summed E-state index contributed by atoms with van der Waals surface area (Å²) in [6.45, 7) is 0. The monoisotopic (exact) mass is 356 g/mol. The molecule has 5 heteroatoms. The summed E-state index contributed by atoms with van der Waals surface area (Å²) in [6.07, 6.45) is 1.80. The van der Waals surface area contributed by atoms with E-state index < -0.39 is 0 Å². The van der Waals surface area contributed by atoms with Gasteiger partial charge in [-0.1, -0.05) is 54.6 Å². The van der Waals surface area contributed by atoms with E-state index in [0.717, 1.165) is 33.1 Å². The fraction of sp³-hybridized carbons (Fsp3) is 0. The molecule has 0 radical (unpaired) electrons. The molecule has 0 aliphatic rings. The Hall–Kier alpha value is -3.31. The van der Waals surface area contributed by atoms with Gasteiger partial charge in [-0.3, -0.25) is 5.43 Å². The van der Waals surface area contributed by atoms with Crippen molar-refractivity contribution in [1.29, 1.82) is 0 Å². The fourth-order valence-electron chi connectivity index (χ4n) is 2.85. The number of nitrogens with zero attached hydrogens (tertiary/aromatic N) is 2. The lowest BCUT2D eigenvalue weighted by Gasteiger charge is -2.08. The quantitative estimate of drug-likeness (QED) is 0.242. The summed E-state index contributed by atoms with van der Waals surface area (Å²) < 4.78 is 0. The molecule has 1 aromatic heterocycles. The number of pyridine rings is 1. The van der Waals surface area contributed by atoms with E-state index in [1.807, 2.05) is 66.7 Å². The first-order valence-corrected chi connectivity index (χ1v) is 8.65. The van der Waals surface area contributed by atoms with Gasteiger partial charge in [0.25, 0.3) is 0 Å². The van der Waals surface area contributed by atoms with Gasteiger partial charge in [0.1, 0.15) is 0 Å². The van der Waals surface area contributed by atoms with Crippen molar-refractivity contribution in [3.63, 3.8) is 0 Å². The van der Waals surface area contributed by atoms with Crippen molar-refractivity contribution in [2.45, 2.75) is 0 Å². The Morgan fingerprint density at radius 1 is 0.808 bits per heavy atom. The van der Waals surface area contributed by atoms with Crippen molar-refractivity contribution < 1.29 is 0 Å². The van der Waals surface area contributed by atoms with E-state index in [1.165, 1.54) is 0 Å². The molecule has 0 fully saturated rings. The zero-order valence-electron chi connectivity index (χ0n) is 13.9. The highest BCUT2D eigenvalue weighted by molar-refractivity contribution is 7.80. The number of hydrazone groups is 1. The van der Waals surface area contributed by atoms with Crippen LogP contribution in [-0.4, -0.2) is 16.3 Å². The number of hydrogen-bond acceptors (Lipinski definition) is 3. The van der Waals surface area contributed by atoms with Gasteiger partial charge < -0.3 is 5.32 Å². The van der Waals surface area contributed by atoms with Crippen molar-refractivity contribution in [2.24, 2.45) is 5.10 Å². The molecule has 0 aliphatic heterocycles. The first-order chi connectivity index (χ1) is 12.8. The second kappa shape index (κ2) is 7.29. The minimum atomic E-state index is 0.440. The summed E-state index contributed by atoms with van der Waals surface area (Å²) in [4.78, 5) is 4.72. The average Bonchev–Trinajstić information content (AvgIpc) is 2.68. The molecular weight excluding hydrogens is 340 g/mol. The molecule has 0 spiro atoms. The van der Waals surface area contributed by atoms with E-state index in [2.05, 4.69) is 28.0 Å². The molecule has 0 saturated heterocycles. The Kier molecular flexibility index (Phi) is 4.53. The van der Waals surface area contributed by atoms with Gasteiger partial charge in [-0.15, -0.1) is 0 Å². The minimum Gasteiger partial charge on any atom is -0.331 e. The predicted molar refractivity (Wildman–Crippen MR) is 113 cm³/mol. The molecule has 0 saturated carbocycles. The molecule has 0 unspecified atom stereocenters. The van der Waals surface area contributed by atoms with E-state index in [4.69, 9.17) is 17.2 Å². The van der Waals surface area contributed by atoms with Crippen LogP contribution in [0.2, 0.25) is 0 Å². The molecule has 4 rings (SSSR count). The van der Waals surface area contributed by atoms with Crippen LogP contribution in [0.4, 0.5) is 5.69 Å². The fourth-order valence-corrected chi connectivity index (χ4v) is 3.02. The Morgan fingerprint density at radius 2 is 1.38 bits per heavy atom. The number of rotatable bonds is 3. The maximum absolute atomic E-state index is 5.29. The molecular formula is C21H16N4S. The van der Waals surface area contributed by atoms with Gasteiger partial charge in [-0.05, 0) is 36.5 Å². The number of hydrogen-bond donors (Lipinski definition) is 2. The molecule has 0 aliphatic carbocycles. The van der Waals surface area contributed by atoms with Crippen molar-refractivity contribution >= 4 is 51.0 Å². The van der Waals surface area contributed by atoms with E-state index in [-0.39, 0.29) is 0 Å². The summed E-state index contributed by atoms with van der Waals surface area (Å²) in [5.74, 6) is 0. The van der Waals surface area contributed by atoms with Crippen LogP contribution in [0.25, 0.3) is 21.8 Å². The number of fused-ring (bicyclic) bond motifs is 2. The van der Waals surface area contributed by atoms with Gasteiger partial charge in [-0.2, -0.15) is 5.10 Å². The summed E-state index contributed by atoms with van der Waals surface area (Å²) in [5, 5.41) is 9.98. The summed E-state index contributed by atoms with van der Waals surface area (Å²) >= 11 is 5.29. The van der Waals surface area contributed by atoms with Crippen LogP contribution in [0, 0.1) is 0 Å². The van der Waals surface area contributed by atoms with E-state index in [0.29, 0.717) is 5.11 Å².